The van der Waals surface area contributed by atoms with Crippen molar-refractivity contribution in [3.05, 3.63) is 29.8 Å². The molecule has 21 heavy (non-hydrogen) atoms. The first kappa shape index (κ1) is 15.3. The Balaban J connectivity index is 2.07. The Bertz CT molecular complexity index is 515. The molecule has 114 valence electrons. The summed E-state index contributed by atoms with van der Waals surface area (Å²) in [7, 11) is 1.57. The summed E-state index contributed by atoms with van der Waals surface area (Å²) in [5.74, 6) is 0.301. The van der Waals surface area contributed by atoms with Crippen LogP contribution in [0.5, 0.6) is 5.75 Å². The molecule has 1 heterocycles. The van der Waals surface area contributed by atoms with E-state index in [-0.39, 0.29) is 30.4 Å². The van der Waals surface area contributed by atoms with Gasteiger partial charge in [-0.2, -0.15) is 0 Å². The maximum atomic E-state index is 12.4. The summed E-state index contributed by atoms with van der Waals surface area (Å²) >= 11 is 0. The zero-order chi connectivity index (χ0) is 15.4. The van der Waals surface area contributed by atoms with Gasteiger partial charge in [0.15, 0.2) is 0 Å². The van der Waals surface area contributed by atoms with Crippen LogP contribution in [0.15, 0.2) is 24.3 Å². The standard InChI is InChI=1S/C15H20N2O4/c1-10(19)16-14-8-17(7-12(14)9-18)15(20)11-3-5-13(21-2)6-4-11/h3-6,12,14,18H,7-9H2,1-2H3,(H,16,19)/t12-,14+/m0/s1. The summed E-state index contributed by atoms with van der Waals surface area (Å²) in [4.78, 5) is 25.3. The van der Waals surface area contributed by atoms with E-state index in [1.807, 2.05) is 0 Å². The van der Waals surface area contributed by atoms with Crippen LogP contribution < -0.4 is 10.1 Å². The number of ether oxygens (including phenoxy) is 1. The topological polar surface area (TPSA) is 78.9 Å². The molecule has 6 nitrogen and oxygen atoms in total. The van der Waals surface area contributed by atoms with Crippen molar-refractivity contribution in [2.75, 3.05) is 26.8 Å². The Hall–Kier alpha value is -2.08. The number of amides is 2. The van der Waals surface area contributed by atoms with Gasteiger partial charge in [-0.25, -0.2) is 0 Å². The van der Waals surface area contributed by atoms with Crippen molar-refractivity contribution in [3.63, 3.8) is 0 Å². The number of rotatable bonds is 4. The lowest BCUT2D eigenvalue weighted by Crippen LogP contribution is -2.40. The Kier molecular flexibility index (Phi) is 4.80. The number of likely N-dealkylation sites (tertiary alicyclic amines) is 1. The number of methoxy groups -OCH3 is 1. The molecule has 0 unspecified atom stereocenters. The Morgan fingerprint density at radius 2 is 2.00 bits per heavy atom. The predicted octanol–water partition coefficient (Wildman–Crippen LogP) is 0.264. The molecular formula is C15H20N2O4. The molecule has 0 aliphatic carbocycles. The fourth-order valence-corrected chi connectivity index (χ4v) is 2.56. The van der Waals surface area contributed by atoms with Crippen LogP contribution in [0.2, 0.25) is 0 Å². The quantitative estimate of drug-likeness (QED) is 0.834. The van der Waals surface area contributed by atoms with Crippen molar-refractivity contribution in [1.29, 1.82) is 0 Å². The van der Waals surface area contributed by atoms with E-state index in [2.05, 4.69) is 5.32 Å². The molecule has 1 aromatic rings. The second-order valence-electron chi connectivity index (χ2n) is 5.19. The number of hydrogen-bond donors (Lipinski definition) is 2. The predicted molar refractivity (Wildman–Crippen MR) is 77.1 cm³/mol. The van der Waals surface area contributed by atoms with Crippen LogP contribution in [-0.2, 0) is 4.79 Å². The fourth-order valence-electron chi connectivity index (χ4n) is 2.56. The van der Waals surface area contributed by atoms with Crippen molar-refractivity contribution < 1.29 is 19.4 Å². The third-order valence-electron chi connectivity index (χ3n) is 3.69. The first-order valence-electron chi connectivity index (χ1n) is 6.86. The van der Waals surface area contributed by atoms with Crippen LogP contribution in [0.1, 0.15) is 17.3 Å². The second kappa shape index (κ2) is 6.58. The first-order valence-corrected chi connectivity index (χ1v) is 6.86. The summed E-state index contributed by atoms with van der Waals surface area (Å²) in [6.07, 6.45) is 0. The van der Waals surface area contributed by atoms with Crippen molar-refractivity contribution in [2.24, 2.45) is 5.92 Å². The van der Waals surface area contributed by atoms with Crippen molar-refractivity contribution in [3.8, 4) is 5.75 Å². The number of carbonyl (C=O) groups is 2. The highest BCUT2D eigenvalue weighted by molar-refractivity contribution is 5.94. The second-order valence-corrected chi connectivity index (χ2v) is 5.19. The third-order valence-corrected chi connectivity index (χ3v) is 3.69. The maximum absolute atomic E-state index is 12.4. The van der Waals surface area contributed by atoms with E-state index in [4.69, 9.17) is 4.74 Å². The van der Waals surface area contributed by atoms with Crippen molar-refractivity contribution in [1.82, 2.24) is 10.2 Å². The molecule has 0 bridgehead atoms. The number of carbonyl (C=O) groups excluding carboxylic acids is 2. The number of nitrogens with one attached hydrogen (secondary N) is 1. The smallest absolute Gasteiger partial charge is 0.253 e. The van der Waals surface area contributed by atoms with Gasteiger partial charge in [-0.1, -0.05) is 0 Å². The fraction of sp³-hybridized carbons (Fsp3) is 0.467. The first-order chi connectivity index (χ1) is 10.0. The molecule has 2 atom stereocenters. The number of nitrogens with zero attached hydrogens (tertiary/aromatic N) is 1. The molecule has 1 aliphatic rings. The maximum Gasteiger partial charge on any atom is 0.253 e. The van der Waals surface area contributed by atoms with Crippen molar-refractivity contribution in [2.45, 2.75) is 13.0 Å². The average molecular weight is 292 g/mol. The van der Waals surface area contributed by atoms with Gasteiger partial charge in [0.2, 0.25) is 5.91 Å². The zero-order valence-corrected chi connectivity index (χ0v) is 12.2. The molecule has 2 amide bonds. The molecule has 0 saturated carbocycles. The molecule has 0 aromatic heterocycles. The zero-order valence-electron chi connectivity index (χ0n) is 12.2. The van der Waals surface area contributed by atoms with Gasteiger partial charge < -0.3 is 20.1 Å². The largest absolute Gasteiger partial charge is 0.497 e. The molecule has 1 aliphatic heterocycles. The van der Waals surface area contributed by atoms with E-state index in [1.54, 1.807) is 36.3 Å². The van der Waals surface area contributed by atoms with E-state index in [9.17, 15) is 14.7 Å². The van der Waals surface area contributed by atoms with Crippen LogP contribution >= 0.6 is 0 Å². The van der Waals surface area contributed by atoms with E-state index in [0.29, 0.717) is 24.4 Å². The van der Waals surface area contributed by atoms with Gasteiger partial charge in [-0.05, 0) is 24.3 Å². The van der Waals surface area contributed by atoms with Crippen LogP contribution in [0.4, 0.5) is 0 Å². The lowest BCUT2D eigenvalue weighted by atomic mass is 10.1. The Morgan fingerprint density at radius 3 is 2.52 bits per heavy atom. The molecular weight excluding hydrogens is 272 g/mol. The molecule has 1 saturated heterocycles. The highest BCUT2D eigenvalue weighted by Crippen LogP contribution is 2.20. The van der Waals surface area contributed by atoms with E-state index >= 15 is 0 Å². The lowest BCUT2D eigenvalue weighted by molar-refractivity contribution is -0.119. The summed E-state index contributed by atoms with van der Waals surface area (Å²) < 4.78 is 5.06. The van der Waals surface area contributed by atoms with E-state index < -0.39 is 0 Å². The van der Waals surface area contributed by atoms with Crippen LogP contribution in [-0.4, -0.2) is 54.7 Å². The highest BCUT2D eigenvalue weighted by Gasteiger charge is 2.35. The minimum atomic E-state index is -0.199. The third kappa shape index (κ3) is 3.52. The minimum absolute atomic E-state index is 0.0582. The van der Waals surface area contributed by atoms with Gasteiger partial charge in [-0.15, -0.1) is 0 Å². The molecule has 1 fully saturated rings. The van der Waals surface area contributed by atoms with Gasteiger partial charge >= 0.3 is 0 Å². The molecule has 0 spiro atoms. The average Bonchev–Trinajstić information content (AvgIpc) is 2.88. The van der Waals surface area contributed by atoms with Crippen LogP contribution in [0.25, 0.3) is 0 Å². The number of benzene rings is 1. The highest BCUT2D eigenvalue weighted by atomic mass is 16.5. The van der Waals surface area contributed by atoms with E-state index in [1.165, 1.54) is 6.92 Å². The van der Waals surface area contributed by atoms with Crippen LogP contribution in [0, 0.1) is 5.92 Å². The Labute approximate surface area is 123 Å². The monoisotopic (exact) mass is 292 g/mol. The normalized spacial score (nSPS) is 21.2. The lowest BCUT2D eigenvalue weighted by Gasteiger charge is -2.17. The molecule has 6 heteroatoms. The molecule has 0 radical (unpaired) electrons. The van der Waals surface area contributed by atoms with Crippen LogP contribution in [0.3, 0.4) is 0 Å². The minimum Gasteiger partial charge on any atom is -0.497 e. The molecule has 2 N–H and O–H groups in total. The summed E-state index contributed by atoms with van der Waals surface area (Å²) in [5.41, 5.74) is 0.566. The van der Waals surface area contributed by atoms with Gasteiger partial charge in [0, 0.05) is 38.1 Å². The number of aliphatic hydroxyl groups excluding tert-OH is 1. The summed E-state index contributed by atoms with van der Waals surface area (Å²) in [6, 6.07) is 6.69. The van der Waals surface area contributed by atoms with Gasteiger partial charge in [0.05, 0.1) is 13.2 Å². The summed E-state index contributed by atoms with van der Waals surface area (Å²) in [5, 5.41) is 12.2. The number of hydrogen-bond acceptors (Lipinski definition) is 4. The Morgan fingerprint density at radius 1 is 1.33 bits per heavy atom. The molecule has 1 aromatic carbocycles. The van der Waals surface area contributed by atoms with Gasteiger partial charge in [-0.3, -0.25) is 9.59 Å². The van der Waals surface area contributed by atoms with Crippen molar-refractivity contribution >= 4 is 11.8 Å². The molecule has 2 rings (SSSR count). The summed E-state index contributed by atoms with van der Waals surface area (Å²) in [6.45, 7) is 2.22. The van der Waals surface area contributed by atoms with Gasteiger partial charge in [0.25, 0.3) is 5.91 Å². The van der Waals surface area contributed by atoms with E-state index in [0.717, 1.165) is 0 Å². The van der Waals surface area contributed by atoms with Gasteiger partial charge in [0.1, 0.15) is 5.75 Å². The SMILES string of the molecule is COc1ccc(C(=O)N2C[C@@H](CO)[C@H](NC(C)=O)C2)cc1. The number of aliphatic hydroxyl groups is 1.